The van der Waals surface area contributed by atoms with E-state index >= 15 is 0 Å². The molecule has 0 bridgehead atoms. The maximum atomic E-state index is 12.3. The Balaban J connectivity index is 2.36. The van der Waals surface area contributed by atoms with Gasteiger partial charge in [-0.15, -0.1) is 6.58 Å². The van der Waals surface area contributed by atoms with Gasteiger partial charge in [-0.2, -0.15) is 0 Å². The van der Waals surface area contributed by atoms with Crippen molar-refractivity contribution in [2.45, 2.75) is 96.2 Å². The molecule has 0 unspecified atom stereocenters. The van der Waals surface area contributed by atoms with E-state index < -0.39 is 11.8 Å². The molecule has 1 aliphatic rings. The molecule has 0 radical (unpaired) electrons. The molecule has 0 amide bonds. The molecule has 1 aliphatic carbocycles. The number of ketones is 1. The molecular weight excluding hydrogens is 380 g/mol. The van der Waals surface area contributed by atoms with Crippen molar-refractivity contribution in [2.24, 2.45) is 17.8 Å². The molecule has 5 heteroatoms. The van der Waals surface area contributed by atoms with Crippen molar-refractivity contribution < 1.29 is 24.5 Å². The zero-order chi connectivity index (χ0) is 22.4. The fourth-order valence-electron chi connectivity index (χ4n) is 4.31. The summed E-state index contributed by atoms with van der Waals surface area (Å²) >= 11 is 0. The molecule has 1 rings (SSSR count). The second kappa shape index (κ2) is 14.5. The number of Topliss-reactive ketones (excluding diaryl/α,β-unsaturated/α-hetero) is 1. The molecule has 0 aromatic heterocycles. The molecule has 0 saturated heterocycles. The van der Waals surface area contributed by atoms with E-state index in [0.29, 0.717) is 30.5 Å². The van der Waals surface area contributed by atoms with Gasteiger partial charge in [0.25, 0.3) is 5.79 Å². The van der Waals surface area contributed by atoms with Crippen molar-refractivity contribution in [1.82, 2.24) is 0 Å². The first-order valence-corrected chi connectivity index (χ1v) is 11.7. The van der Waals surface area contributed by atoms with Crippen molar-refractivity contribution in [1.29, 1.82) is 0 Å². The maximum Gasteiger partial charge on any atom is 0.366 e. The van der Waals surface area contributed by atoms with Gasteiger partial charge >= 0.3 is 5.97 Å². The van der Waals surface area contributed by atoms with E-state index in [9.17, 15) is 19.8 Å². The predicted molar refractivity (Wildman–Crippen MR) is 120 cm³/mol. The average molecular weight is 423 g/mol. The van der Waals surface area contributed by atoms with Gasteiger partial charge in [-0.25, -0.2) is 4.79 Å². The topological polar surface area (TPSA) is 83.8 Å². The Morgan fingerprint density at radius 3 is 2.63 bits per heavy atom. The number of carbonyl (C=O) groups is 2. The fourth-order valence-corrected chi connectivity index (χ4v) is 4.31. The summed E-state index contributed by atoms with van der Waals surface area (Å²) in [6.45, 7) is 6.20. The number of aliphatic hydroxyl groups is 2. The van der Waals surface area contributed by atoms with Crippen molar-refractivity contribution in [3.8, 4) is 0 Å². The Hall–Kier alpha value is -1.46. The molecule has 1 fully saturated rings. The summed E-state index contributed by atoms with van der Waals surface area (Å²) in [5, 5.41) is 19.3. The number of methoxy groups -OCH3 is 1. The molecule has 3 atom stereocenters. The van der Waals surface area contributed by atoms with Gasteiger partial charge in [-0.05, 0) is 43.9 Å². The van der Waals surface area contributed by atoms with Crippen LogP contribution < -0.4 is 0 Å². The van der Waals surface area contributed by atoms with E-state index in [4.69, 9.17) is 0 Å². The van der Waals surface area contributed by atoms with Crippen LogP contribution in [0.15, 0.2) is 24.8 Å². The SMILES string of the molecule is C=C[C@@H](CC=C[C@H]1CCC(=O)[C@@H]1CCCCCC(O)(O)C(=O)OC)CCCCCC. The van der Waals surface area contributed by atoms with Gasteiger partial charge in [-0.3, -0.25) is 4.79 Å². The second-order valence-corrected chi connectivity index (χ2v) is 8.69. The van der Waals surface area contributed by atoms with Crippen LogP contribution in [0.25, 0.3) is 0 Å². The minimum Gasteiger partial charge on any atom is -0.465 e. The summed E-state index contributed by atoms with van der Waals surface area (Å²) in [4.78, 5) is 23.6. The van der Waals surface area contributed by atoms with Gasteiger partial charge in [0, 0.05) is 18.8 Å². The fraction of sp³-hybridized carbons (Fsp3) is 0.760. The molecule has 30 heavy (non-hydrogen) atoms. The highest BCUT2D eigenvalue weighted by molar-refractivity contribution is 5.83. The third kappa shape index (κ3) is 9.57. The molecule has 0 heterocycles. The minimum absolute atomic E-state index is 0.0528. The van der Waals surface area contributed by atoms with Crippen LogP contribution in [0, 0.1) is 17.8 Å². The Bertz CT molecular complexity index is 552. The number of carbonyl (C=O) groups excluding carboxylic acids is 2. The number of hydrogen-bond acceptors (Lipinski definition) is 5. The van der Waals surface area contributed by atoms with Gasteiger partial charge in [0.05, 0.1) is 7.11 Å². The van der Waals surface area contributed by atoms with Crippen LogP contribution >= 0.6 is 0 Å². The highest BCUT2D eigenvalue weighted by atomic mass is 16.6. The highest BCUT2D eigenvalue weighted by Crippen LogP contribution is 2.34. The van der Waals surface area contributed by atoms with Crippen LogP contribution in [0.3, 0.4) is 0 Å². The van der Waals surface area contributed by atoms with Crippen LogP contribution in [0.5, 0.6) is 0 Å². The molecule has 0 aliphatic heterocycles. The minimum atomic E-state index is -2.42. The Morgan fingerprint density at radius 2 is 1.97 bits per heavy atom. The zero-order valence-electron chi connectivity index (χ0n) is 19.0. The first-order chi connectivity index (χ1) is 14.4. The lowest BCUT2D eigenvalue weighted by Gasteiger charge is -2.19. The van der Waals surface area contributed by atoms with E-state index in [1.165, 1.54) is 32.1 Å². The lowest BCUT2D eigenvalue weighted by molar-refractivity contribution is -0.209. The van der Waals surface area contributed by atoms with E-state index in [2.05, 4.69) is 36.5 Å². The van der Waals surface area contributed by atoms with E-state index in [1.807, 2.05) is 0 Å². The molecule has 0 spiro atoms. The number of unbranched alkanes of at least 4 members (excludes halogenated alkanes) is 5. The van der Waals surface area contributed by atoms with Crippen molar-refractivity contribution in [3.05, 3.63) is 24.8 Å². The Labute approximate surface area is 182 Å². The van der Waals surface area contributed by atoms with Crippen molar-refractivity contribution >= 4 is 11.8 Å². The maximum absolute atomic E-state index is 12.3. The van der Waals surface area contributed by atoms with Crippen molar-refractivity contribution in [3.63, 3.8) is 0 Å². The molecule has 172 valence electrons. The van der Waals surface area contributed by atoms with E-state index in [0.717, 1.165) is 39.2 Å². The normalized spacial score (nSPS) is 20.6. The summed E-state index contributed by atoms with van der Waals surface area (Å²) < 4.78 is 4.38. The standard InChI is InChI=1S/C25H42O5/c1-4-6-7-9-13-20(5-2)14-12-15-21-17-18-23(26)22(21)16-10-8-11-19-25(28,29)24(27)30-3/h5,12,15,20-22,28-29H,2,4,6-11,13-14,16-19H2,1,3H3/t20-,21+,22-/m1/s1. The number of ether oxygens (including phenoxy) is 1. The first-order valence-electron chi connectivity index (χ1n) is 11.7. The molecule has 0 aromatic carbocycles. The van der Waals surface area contributed by atoms with Crippen LogP contribution in [0.4, 0.5) is 0 Å². The number of allylic oxidation sites excluding steroid dienone is 3. The van der Waals surface area contributed by atoms with Gasteiger partial charge in [-0.1, -0.05) is 63.7 Å². The van der Waals surface area contributed by atoms with Crippen molar-refractivity contribution in [2.75, 3.05) is 7.11 Å². The largest absolute Gasteiger partial charge is 0.465 e. The second-order valence-electron chi connectivity index (χ2n) is 8.69. The molecule has 2 N–H and O–H groups in total. The van der Waals surface area contributed by atoms with Gasteiger partial charge in [0.15, 0.2) is 0 Å². The molecular formula is C25H42O5. The Morgan fingerprint density at radius 1 is 1.23 bits per heavy atom. The quantitative estimate of drug-likeness (QED) is 0.156. The highest BCUT2D eigenvalue weighted by Gasteiger charge is 2.34. The third-order valence-corrected chi connectivity index (χ3v) is 6.29. The summed E-state index contributed by atoms with van der Waals surface area (Å²) in [5.74, 6) is -2.20. The predicted octanol–water partition coefficient (Wildman–Crippen LogP) is 5.11. The molecule has 0 aromatic rings. The van der Waals surface area contributed by atoms with Gasteiger partial charge in [0.1, 0.15) is 5.78 Å². The molecule has 5 nitrogen and oxygen atoms in total. The average Bonchev–Trinajstić information content (AvgIpc) is 3.08. The van der Waals surface area contributed by atoms with Crippen LogP contribution in [0.2, 0.25) is 0 Å². The summed E-state index contributed by atoms with van der Waals surface area (Å²) in [6.07, 6.45) is 18.2. The third-order valence-electron chi connectivity index (χ3n) is 6.29. The number of esters is 1. The lowest BCUT2D eigenvalue weighted by Crippen LogP contribution is -2.39. The van der Waals surface area contributed by atoms with Crippen LogP contribution in [-0.4, -0.2) is 34.9 Å². The number of hydrogen-bond donors (Lipinski definition) is 2. The smallest absolute Gasteiger partial charge is 0.366 e. The summed E-state index contributed by atoms with van der Waals surface area (Å²) in [6, 6.07) is 0. The van der Waals surface area contributed by atoms with Crippen LogP contribution in [-0.2, 0) is 14.3 Å². The van der Waals surface area contributed by atoms with E-state index in [1.54, 1.807) is 0 Å². The summed E-state index contributed by atoms with van der Waals surface area (Å²) in [7, 11) is 1.13. The van der Waals surface area contributed by atoms with Crippen LogP contribution in [0.1, 0.15) is 90.4 Å². The zero-order valence-corrected chi connectivity index (χ0v) is 19.0. The van der Waals surface area contributed by atoms with Gasteiger partial charge < -0.3 is 14.9 Å². The first kappa shape index (κ1) is 26.6. The Kier molecular flexibility index (Phi) is 12.9. The lowest BCUT2D eigenvalue weighted by atomic mass is 9.88. The summed E-state index contributed by atoms with van der Waals surface area (Å²) in [5.41, 5.74) is 0. The van der Waals surface area contributed by atoms with E-state index in [-0.39, 0.29) is 12.3 Å². The molecule has 1 saturated carbocycles. The van der Waals surface area contributed by atoms with Gasteiger partial charge in [0.2, 0.25) is 0 Å². The monoisotopic (exact) mass is 422 g/mol. The number of rotatable bonds is 16.